The molecule has 8 heteroatoms. The second kappa shape index (κ2) is 5.91. The number of nitrogens with one attached hydrogen (secondary N) is 2. The predicted molar refractivity (Wildman–Crippen MR) is 68.7 cm³/mol. The normalized spacial score (nSPS) is 11.8. The smallest absolute Gasteiger partial charge is 0.308 e. The van der Waals surface area contributed by atoms with Crippen molar-refractivity contribution >= 4 is 11.9 Å². The van der Waals surface area contributed by atoms with Gasteiger partial charge in [-0.25, -0.2) is 0 Å². The van der Waals surface area contributed by atoms with E-state index in [-0.39, 0.29) is 12.5 Å². The van der Waals surface area contributed by atoms with E-state index in [1.165, 1.54) is 6.92 Å². The zero-order valence-electron chi connectivity index (χ0n) is 10.7. The van der Waals surface area contributed by atoms with Gasteiger partial charge in [-0.2, -0.15) is 5.21 Å². The van der Waals surface area contributed by atoms with Gasteiger partial charge >= 0.3 is 5.97 Å². The Morgan fingerprint density at radius 1 is 1.45 bits per heavy atom. The average Bonchev–Trinajstić information content (AvgIpc) is 2.98. The van der Waals surface area contributed by atoms with E-state index in [2.05, 4.69) is 25.9 Å². The highest BCUT2D eigenvalue weighted by atomic mass is 16.4. The quantitative estimate of drug-likeness (QED) is 0.722. The Balaban J connectivity index is 2.07. The van der Waals surface area contributed by atoms with E-state index in [9.17, 15) is 9.59 Å². The van der Waals surface area contributed by atoms with Gasteiger partial charge in [0.05, 0.1) is 5.92 Å². The molecule has 8 nitrogen and oxygen atoms in total. The van der Waals surface area contributed by atoms with Gasteiger partial charge in [-0.3, -0.25) is 9.59 Å². The highest BCUT2D eigenvalue weighted by Gasteiger charge is 2.14. The number of carbonyl (C=O) groups is 2. The van der Waals surface area contributed by atoms with Gasteiger partial charge in [0.2, 0.25) is 5.82 Å². The fraction of sp³-hybridized carbons (Fsp3) is 0.250. The third kappa shape index (κ3) is 3.16. The third-order valence-electron chi connectivity index (χ3n) is 2.72. The molecule has 1 aromatic heterocycles. The number of tetrazole rings is 1. The standard InChI is InChI=1S/C12H13N5O3/c1-7(12(19)20)6-13-11(18)9-4-2-3-8(5-9)10-14-16-17-15-10/h2-5,7H,6H2,1H3,(H,13,18)(H,19,20)(H,14,15,16,17). The number of rotatable bonds is 5. The first-order valence-electron chi connectivity index (χ1n) is 5.93. The maximum absolute atomic E-state index is 11.9. The summed E-state index contributed by atoms with van der Waals surface area (Å²) in [4.78, 5) is 22.6. The van der Waals surface area contributed by atoms with Crippen LogP contribution < -0.4 is 5.32 Å². The Morgan fingerprint density at radius 2 is 2.25 bits per heavy atom. The molecule has 20 heavy (non-hydrogen) atoms. The molecule has 0 aliphatic heterocycles. The van der Waals surface area contributed by atoms with Crippen molar-refractivity contribution in [2.24, 2.45) is 5.92 Å². The van der Waals surface area contributed by atoms with Crippen molar-refractivity contribution in [1.29, 1.82) is 0 Å². The molecule has 0 radical (unpaired) electrons. The van der Waals surface area contributed by atoms with Gasteiger partial charge in [-0.1, -0.05) is 19.1 Å². The van der Waals surface area contributed by atoms with Crippen molar-refractivity contribution in [1.82, 2.24) is 25.9 Å². The molecule has 1 amide bonds. The van der Waals surface area contributed by atoms with E-state index in [1.807, 2.05) is 0 Å². The van der Waals surface area contributed by atoms with Gasteiger partial charge in [-0.05, 0) is 17.3 Å². The topological polar surface area (TPSA) is 121 Å². The van der Waals surface area contributed by atoms with Crippen molar-refractivity contribution < 1.29 is 14.7 Å². The van der Waals surface area contributed by atoms with Crippen LogP contribution >= 0.6 is 0 Å². The lowest BCUT2D eigenvalue weighted by Gasteiger charge is -2.08. The number of hydrogen-bond acceptors (Lipinski definition) is 5. The molecule has 0 spiro atoms. The molecule has 0 aliphatic rings. The van der Waals surface area contributed by atoms with E-state index in [0.717, 1.165) is 0 Å². The van der Waals surface area contributed by atoms with Crippen LogP contribution in [0.15, 0.2) is 24.3 Å². The largest absolute Gasteiger partial charge is 0.481 e. The number of nitrogens with zero attached hydrogens (tertiary/aromatic N) is 3. The molecule has 0 fully saturated rings. The van der Waals surface area contributed by atoms with Crippen LogP contribution in [0.25, 0.3) is 11.4 Å². The summed E-state index contributed by atoms with van der Waals surface area (Å²) in [6.07, 6.45) is 0. The van der Waals surface area contributed by atoms with Crippen LogP contribution in [0.5, 0.6) is 0 Å². The van der Waals surface area contributed by atoms with Crippen LogP contribution in [0, 0.1) is 5.92 Å². The number of aliphatic carboxylic acids is 1. The molecule has 1 atom stereocenters. The van der Waals surface area contributed by atoms with Crippen molar-refractivity contribution in [3.8, 4) is 11.4 Å². The van der Waals surface area contributed by atoms with Crippen LogP contribution in [0.2, 0.25) is 0 Å². The number of carboxylic acids is 1. The lowest BCUT2D eigenvalue weighted by Crippen LogP contribution is -2.31. The summed E-state index contributed by atoms with van der Waals surface area (Å²) in [5.74, 6) is -1.55. The van der Waals surface area contributed by atoms with E-state index < -0.39 is 11.9 Å². The fourth-order valence-electron chi connectivity index (χ4n) is 1.52. The van der Waals surface area contributed by atoms with Crippen molar-refractivity contribution in [2.75, 3.05) is 6.54 Å². The molecule has 0 aliphatic carbocycles. The minimum atomic E-state index is -0.953. The number of H-pyrrole nitrogens is 1. The van der Waals surface area contributed by atoms with E-state index in [0.29, 0.717) is 17.0 Å². The van der Waals surface area contributed by atoms with Gasteiger partial charge in [0.1, 0.15) is 0 Å². The van der Waals surface area contributed by atoms with Crippen molar-refractivity contribution in [3.63, 3.8) is 0 Å². The van der Waals surface area contributed by atoms with Crippen molar-refractivity contribution in [2.45, 2.75) is 6.92 Å². The minimum Gasteiger partial charge on any atom is -0.481 e. The number of aromatic amines is 1. The monoisotopic (exact) mass is 275 g/mol. The van der Waals surface area contributed by atoms with Gasteiger partial charge < -0.3 is 10.4 Å². The van der Waals surface area contributed by atoms with E-state index in [4.69, 9.17) is 5.11 Å². The SMILES string of the molecule is CC(CNC(=O)c1cccc(-c2nn[nH]n2)c1)C(=O)O. The molecule has 0 saturated heterocycles. The van der Waals surface area contributed by atoms with Gasteiger partial charge in [0.15, 0.2) is 0 Å². The Morgan fingerprint density at radius 3 is 2.90 bits per heavy atom. The molecule has 3 N–H and O–H groups in total. The highest BCUT2D eigenvalue weighted by Crippen LogP contribution is 2.14. The molecule has 0 saturated carbocycles. The Bertz CT molecular complexity index is 611. The number of hydrogen-bond donors (Lipinski definition) is 3. The summed E-state index contributed by atoms with van der Waals surface area (Å²) in [7, 11) is 0. The van der Waals surface area contributed by atoms with Gasteiger partial charge in [0.25, 0.3) is 5.91 Å². The lowest BCUT2D eigenvalue weighted by atomic mass is 10.1. The molecule has 1 unspecified atom stereocenters. The summed E-state index contributed by atoms with van der Waals surface area (Å²) in [5.41, 5.74) is 1.06. The molecule has 2 aromatic rings. The first kappa shape index (κ1) is 13.7. The number of amides is 1. The lowest BCUT2D eigenvalue weighted by molar-refractivity contribution is -0.140. The molecule has 2 rings (SSSR count). The molecule has 1 heterocycles. The second-order valence-electron chi connectivity index (χ2n) is 4.27. The summed E-state index contributed by atoms with van der Waals surface area (Å²) < 4.78 is 0. The second-order valence-corrected chi connectivity index (χ2v) is 4.27. The number of carbonyl (C=O) groups excluding carboxylic acids is 1. The number of carboxylic acid groups (broad SMARTS) is 1. The highest BCUT2D eigenvalue weighted by molar-refractivity contribution is 5.95. The maximum atomic E-state index is 11.9. The Labute approximate surface area is 114 Å². The predicted octanol–water partition coefficient (Wildman–Crippen LogP) is 0.317. The van der Waals surface area contributed by atoms with Crippen LogP contribution in [-0.2, 0) is 4.79 Å². The maximum Gasteiger partial charge on any atom is 0.308 e. The fourth-order valence-corrected chi connectivity index (χ4v) is 1.52. The summed E-state index contributed by atoms with van der Waals surface area (Å²) in [6.45, 7) is 1.60. The van der Waals surface area contributed by atoms with Crippen LogP contribution in [0.3, 0.4) is 0 Å². The van der Waals surface area contributed by atoms with Gasteiger partial charge in [0, 0.05) is 17.7 Å². The summed E-state index contributed by atoms with van der Waals surface area (Å²) >= 11 is 0. The van der Waals surface area contributed by atoms with E-state index in [1.54, 1.807) is 24.3 Å². The first-order chi connectivity index (χ1) is 9.58. The average molecular weight is 275 g/mol. The zero-order chi connectivity index (χ0) is 14.5. The van der Waals surface area contributed by atoms with Crippen LogP contribution in [-0.4, -0.2) is 44.2 Å². The third-order valence-corrected chi connectivity index (χ3v) is 2.72. The van der Waals surface area contributed by atoms with Crippen molar-refractivity contribution in [3.05, 3.63) is 29.8 Å². The van der Waals surface area contributed by atoms with Crippen LogP contribution in [0.4, 0.5) is 0 Å². The minimum absolute atomic E-state index is 0.0700. The summed E-state index contributed by atoms with van der Waals surface area (Å²) in [5, 5.41) is 24.8. The molecule has 1 aromatic carbocycles. The molecular formula is C12H13N5O3. The van der Waals surface area contributed by atoms with E-state index >= 15 is 0 Å². The Hall–Kier alpha value is -2.77. The molecular weight excluding hydrogens is 262 g/mol. The van der Waals surface area contributed by atoms with Gasteiger partial charge in [-0.15, -0.1) is 10.2 Å². The first-order valence-corrected chi connectivity index (χ1v) is 5.93. The molecule has 0 bridgehead atoms. The van der Waals surface area contributed by atoms with Crippen LogP contribution in [0.1, 0.15) is 17.3 Å². The molecule has 104 valence electrons. The summed E-state index contributed by atoms with van der Waals surface area (Å²) in [6, 6.07) is 6.69. The zero-order valence-corrected chi connectivity index (χ0v) is 10.7. The Kier molecular flexibility index (Phi) is 4.04. The number of benzene rings is 1. The number of aromatic nitrogens is 4.